The molecule has 0 aromatic heterocycles. The number of carbonyl (C=O) groups is 1. The first kappa shape index (κ1) is 14.6. The predicted octanol–water partition coefficient (Wildman–Crippen LogP) is 3.60. The van der Waals surface area contributed by atoms with E-state index in [1.807, 2.05) is 0 Å². The number of amides is 1. The maximum Gasteiger partial charge on any atom is 0.446 e. The van der Waals surface area contributed by atoms with Gasteiger partial charge in [0, 0.05) is 17.0 Å². The lowest BCUT2D eigenvalue weighted by molar-refractivity contribution is -0.0328. The Kier molecular flexibility index (Phi) is 4.84. The fourth-order valence-corrected chi connectivity index (χ4v) is 1.68. The van der Waals surface area contributed by atoms with E-state index in [1.165, 1.54) is 24.3 Å². The maximum absolute atomic E-state index is 12.1. The second-order valence-corrected chi connectivity index (χ2v) is 4.85. The summed E-state index contributed by atoms with van der Waals surface area (Å²) in [6, 6.07) is 5.27. The summed E-state index contributed by atoms with van der Waals surface area (Å²) in [5.74, 6) is -0.332. The maximum atomic E-state index is 12.1. The van der Waals surface area contributed by atoms with Crippen LogP contribution in [0.3, 0.4) is 0 Å². The summed E-state index contributed by atoms with van der Waals surface area (Å²) in [6.07, 6.45) is 0. The molecule has 0 bridgehead atoms. The molecule has 1 rings (SSSR count). The standard InChI is InChI=1S/C12H12F3NOS/c1-8(2)7-16-11(17)9-3-5-10(6-4-9)18-12(13,14)15/h3-6H,1,7H2,2H3,(H,16,17). The molecule has 1 amide bonds. The fourth-order valence-electron chi connectivity index (χ4n) is 1.14. The highest BCUT2D eigenvalue weighted by atomic mass is 32.2. The lowest BCUT2D eigenvalue weighted by atomic mass is 10.2. The van der Waals surface area contributed by atoms with Crippen LogP contribution >= 0.6 is 11.8 Å². The Morgan fingerprint density at radius 1 is 1.33 bits per heavy atom. The first-order chi connectivity index (χ1) is 8.28. The minimum Gasteiger partial charge on any atom is -0.348 e. The van der Waals surface area contributed by atoms with Crippen molar-refractivity contribution >= 4 is 17.7 Å². The van der Waals surface area contributed by atoms with Crippen molar-refractivity contribution in [2.24, 2.45) is 0 Å². The minimum atomic E-state index is -4.32. The topological polar surface area (TPSA) is 29.1 Å². The van der Waals surface area contributed by atoms with Gasteiger partial charge in [0.2, 0.25) is 0 Å². The smallest absolute Gasteiger partial charge is 0.348 e. The zero-order valence-electron chi connectivity index (χ0n) is 9.67. The highest BCUT2D eigenvalue weighted by Gasteiger charge is 2.29. The molecule has 0 saturated heterocycles. The van der Waals surface area contributed by atoms with Crippen molar-refractivity contribution in [3.63, 3.8) is 0 Å². The van der Waals surface area contributed by atoms with E-state index in [0.29, 0.717) is 12.1 Å². The molecule has 0 spiro atoms. The lowest BCUT2D eigenvalue weighted by Gasteiger charge is -2.07. The van der Waals surface area contributed by atoms with Crippen LogP contribution in [0.5, 0.6) is 0 Å². The molecule has 0 aliphatic carbocycles. The van der Waals surface area contributed by atoms with Crippen molar-refractivity contribution < 1.29 is 18.0 Å². The molecule has 18 heavy (non-hydrogen) atoms. The van der Waals surface area contributed by atoms with Crippen molar-refractivity contribution in [3.8, 4) is 0 Å². The van der Waals surface area contributed by atoms with Crippen LogP contribution in [0.4, 0.5) is 13.2 Å². The number of hydrogen-bond acceptors (Lipinski definition) is 2. The molecule has 0 aliphatic heterocycles. The summed E-state index contributed by atoms with van der Waals surface area (Å²) in [6.45, 7) is 5.74. The van der Waals surface area contributed by atoms with E-state index >= 15 is 0 Å². The average molecular weight is 275 g/mol. The Morgan fingerprint density at radius 2 is 1.89 bits per heavy atom. The first-order valence-corrected chi connectivity index (χ1v) is 5.88. The third kappa shape index (κ3) is 5.27. The Labute approximate surface area is 107 Å². The molecule has 0 fully saturated rings. The van der Waals surface area contributed by atoms with Gasteiger partial charge in [-0.25, -0.2) is 0 Å². The molecule has 1 aromatic carbocycles. The largest absolute Gasteiger partial charge is 0.446 e. The molecular weight excluding hydrogens is 263 g/mol. The van der Waals surface area contributed by atoms with Crippen molar-refractivity contribution in [2.75, 3.05) is 6.54 Å². The van der Waals surface area contributed by atoms with Gasteiger partial charge in [-0.1, -0.05) is 12.2 Å². The summed E-state index contributed by atoms with van der Waals surface area (Å²) < 4.78 is 36.3. The second kappa shape index (κ2) is 5.95. The third-order valence-electron chi connectivity index (χ3n) is 1.90. The average Bonchev–Trinajstić information content (AvgIpc) is 2.24. The summed E-state index contributed by atoms with van der Waals surface area (Å²) in [7, 11) is 0. The van der Waals surface area contributed by atoms with Gasteiger partial charge in [-0.3, -0.25) is 4.79 Å². The minimum absolute atomic E-state index is 0.0546. The van der Waals surface area contributed by atoms with Gasteiger partial charge in [-0.05, 0) is 43.0 Å². The Morgan fingerprint density at radius 3 is 2.33 bits per heavy atom. The summed E-state index contributed by atoms with van der Waals surface area (Å²) in [5, 5.41) is 2.60. The highest BCUT2D eigenvalue weighted by Crippen LogP contribution is 2.36. The van der Waals surface area contributed by atoms with E-state index in [0.717, 1.165) is 5.57 Å². The molecule has 1 N–H and O–H groups in total. The van der Waals surface area contributed by atoms with E-state index in [2.05, 4.69) is 11.9 Å². The Hall–Kier alpha value is -1.43. The molecule has 0 unspecified atom stereocenters. The third-order valence-corrected chi connectivity index (χ3v) is 2.64. The van der Waals surface area contributed by atoms with Gasteiger partial charge < -0.3 is 5.32 Å². The molecule has 98 valence electrons. The van der Waals surface area contributed by atoms with Gasteiger partial charge in [0.25, 0.3) is 5.91 Å². The summed E-state index contributed by atoms with van der Waals surface area (Å²) in [5.41, 5.74) is -3.20. The van der Waals surface area contributed by atoms with E-state index in [1.54, 1.807) is 6.92 Å². The van der Waals surface area contributed by atoms with Crippen molar-refractivity contribution in [3.05, 3.63) is 42.0 Å². The predicted molar refractivity (Wildman–Crippen MR) is 65.5 cm³/mol. The zero-order chi connectivity index (χ0) is 13.8. The van der Waals surface area contributed by atoms with Gasteiger partial charge in [0.15, 0.2) is 0 Å². The van der Waals surface area contributed by atoms with Crippen LogP contribution in [0.25, 0.3) is 0 Å². The molecule has 1 aromatic rings. The molecule has 0 heterocycles. The van der Waals surface area contributed by atoms with Crippen LogP contribution in [-0.2, 0) is 0 Å². The molecular formula is C12H12F3NOS. The Bertz CT molecular complexity index is 440. The lowest BCUT2D eigenvalue weighted by Crippen LogP contribution is -2.24. The molecule has 0 radical (unpaired) electrons. The number of hydrogen-bond donors (Lipinski definition) is 1. The van der Waals surface area contributed by atoms with Gasteiger partial charge >= 0.3 is 5.51 Å². The van der Waals surface area contributed by atoms with Gasteiger partial charge in [-0.15, -0.1) is 0 Å². The molecule has 6 heteroatoms. The van der Waals surface area contributed by atoms with E-state index < -0.39 is 5.51 Å². The van der Waals surface area contributed by atoms with Crippen LogP contribution < -0.4 is 5.32 Å². The summed E-state index contributed by atoms with van der Waals surface area (Å²) in [4.78, 5) is 11.6. The fraction of sp³-hybridized carbons (Fsp3) is 0.250. The zero-order valence-corrected chi connectivity index (χ0v) is 10.5. The molecule has 0 aliphatic rings. The second-order valence-electron chi connectivity index (χ2n) is 3.71. The van der Waals surface area contributed by atoms with Gasteiger partial charge in [0.1, 0.15) is 0 Å². The first-order valence-electron chi connectivity index (χ1n) is 5.06. The van der Waals surface area contributed by atoms with Crippen LogP contribution in [0, 0.1) is 0 Å². The monoisotopic (exact) mass is 275 g/mol. The number of nitrogens with one attached hydrogen (secondary N) is 1. The van der Waals surface area contributed by atoms with Crippen LogP contribution in [0.1, 0.15) is 17.3 Å². The SMILES string of the molecule is C=C(C)CNC(=O)c1ccc(SC(F)(F)F)cc1. The normalized spacial score (nSPS) is 11.1. The quantitative estimate of drug-likeness (QED) is 0.672. The van der Waals surface area contributed by atoms with Crippen LogP contribution in [0.15, 0.2) is 41.3 Å². The van der Waals surface area contributed by atoms with Crippen LogP contribution in [-0.4, -0.2) is 18.0 Å². The van der Waals surface area contributed by atoms with E-state index in [-0.39, 0.29) is 22.6 Å². The van der Waals surface area contributed by atoms with Crippen molar-refractivity contribution in [1.29, 1.82) is 0 Å². The molecule has 0 saturated carbocycles. The number of halogens is 3. The van der Waals surface area contributed by atoms with E-state index in [4.69, 9.17) is 0 Å². The van der Waals surface area contributed by atoms with Crippen LogP contribution in [0.2, 0.25) is 0 Å². The van der Waals surface area contributed by atoms with E-state index in [9.17, 15) is 18.0 Å². The van der Waals surface area contributed by atoms with Crippen molar-refractivity contribution in [2.45, 2.75) is 17.3 Å². The number of benzene rings is 1. The molecule has 2 nitrogen and oxygen atoms in total. The Balaban J connectivity index is 2.65. The number of rotatable bonds is 4. The van der Waals surface area contributed by atoms with Gasteiger partial charge in [0.05, 0.1) is 0 Å². The molecule has 0 atom stereocenters. The number of alkyl halides is 3. The summed E-state index contributed by atoms with van der Waals surface area (Å²) >= 11 is -0.206. The van der Waals surface area contributed by atoms with Crippen molar-refractivity contribution in [1.82, 2.24) is 5.32 Å². The number of carbonyl (C=O) groups excluding carboxylic acids is 1. The number of thioether (sulfide) groups is 1. The van der Waals surface area contributed by atoms with Gasteiger partial charge in [-0.2, -0.15) is 13.2 Å². The highest BCUT2D eigenvalue weighted by molar-refractivity contribution is 8.00.